The first-order valence-corrected chi connectivity index (χ1v) is 12.7. The Morgan fingerprint density at radius 3 is 2.53 bits per heavy atom. The highest BCUT2D eigenvalue weighted by atomic mass is 35.5. The van der Waals surface area contributed by atoms with Crippen LogP contribution in [0.5, 0.6) is 0 Å². The molecule has 0 radical (unpaired) electrons. The largest absolute Gasteiger partial charge is 0.449 e. The number of likely N-dealkylation sites (N-methyl/N-ethyl adjacent to an activating group) is 1. The molecule has 2 amide bonds. The fourth-order valence-electron chi connectivity index (χ4n) is 5.05. The van der Waals surface area contributed by atoms with Crippen molar-refractivity contribution in [3.05, 3.63) is 53.2 Å². The number of likely N-dealkylation sites (tertiary alicyclic amines) is 1. The number of benzene rings is 1. The summed E-state index contributed by atoms with van der Waals surface area (Å²) in [7, 11) is 1.68. The molecule has 1 aromatic carbocycles. The number of nitrogens with zero attached hydrogens (tertiary/aromatic N) is 4. The first kappa shape index (κ1) is 26.0. The van der Waals surface area contributed by atoms with E-state index < -0.39 is 12.8 Å². The highest BCUT2D eigenvalue weighted by Gasteiger charge is 2.42. The third-order valence-electron chi connectivity index (χ3n) is 7.13. The molecule has 0 saturated carbocycles. The van der Waals surface area contributed by atoms with E-state index in [0.29, 0.717) is 23.8 Å². The minimum atomic E-state index is -0.538. The summed E-state index contributed by atoms with van der Waals surface area (Å²) >= 11 is 6.09. The third kappa shape index (κ3) is 6.00. The van der Waals surface area contributed by atoms with Gasteiger partial charge in [-0.15, -0.1) is 0 Å². The van der Waals surface area contributed by atoms with Crippen molar-refractivity contribution in [1.82, 2.24) is 14.8 Å². The van der Waals surface area contributed by atoms with Crippen LogP contribution in [0, 0.1) is 5.92 Å². The number of rotatable bonds is 7. The number of aromatic nitrogens is 1. The molecule has 0 spiro atoms. The molecule has 2 N–H and O–H groups in total. The van der Waals surface area contributed by atoms with Crippen LogP contribution in [0.4, 0.5) is 20.7 Å². The second kappa shape index (κ2) is 11.8. The number of amides is 2. The molecule has 2 atom stereocenters. The first-order valence-electron chi connectivity index (χ1n) is 12.3. The van der Waals surface area contributed by atoms with Crippen molar-refractivity contribution in [2.75, 3.05) is 57.1 Å². The Morgan fingerprint density at radius 2 is 1.89 bits per heavy atom. The first-order chi connectivity index (χ1) is 17.4. The zero-order valence-corrected chi connectivity index (χ0v) is 21.2. The van der Waals surface area contributed by atoms with Crippen LogP contribution in [0.3, 0.4) is 0 Å². The van der Waals surface area contributed by atoms with E-state index in [-0.39, 0.29) is 36.8 Å². The summed E-state index contributed by atoms with van der Waals surface area (Å²) in [4.78, 5) is 36.2. The third-order valence-corrected chi connectivity index (χ3v) is 7.38. The molecular weight excluding hydrogens is 485 g/mol. The standard InChI is InChI=1S/C26H33ClFN5O3/c1-31(26(35)36-14-2-11-28)23-17-33(16-22(23)18-3-5-20(27)6-4-18)25(34)19-9-12-32(13-10-19)24-8-7-21(29)15-30-24/h3-8,15,19,22-23H,2,9-14,16-17,29H2,1H3/t22-,23+/m0/s1. The Balaban J connectivity index is 1.43. The number of nitrogen functional groups attached to an aromatic ring is 1. The number of alkyl halides is 1. The van der Waals surface area contributed by atoms with Crippen LogP contribution >= 0.6 is 11.6 Å². The summed E-state index contributed by atoms with van der Waals surface area (Å²) in [6.07, 6.45) is 2.77. The molecule has 194 valence electrons. The number of hydrogen-bond donors (Lipinski definition) is 1. The number of carbonyl (C=O) groups is 2. The van der Waals surface area contributed by atoms with E-state index in [1.54, 1.807) is 18.1 Å². The molecule has 36 heavy (non-hydrogen) atoms. The van der Waals surface area contributed by atoms with Gasteiger partial charge in [0.05, 0.1) is 31.2 Å². The number of hydrogen-bond acceptors (Lipinski definition) is 6. The number of ether oxygens (including phenoxy) is 1. The lowest BCUT2D eigenvalue weighted by Gasteiger charge is -2.34. The molecule has 3 heterocycles. The maximum atomic E-state index is 13.5. The molecule has 0 aliphatic carbocycles. The summed E-state index contributed by atoms with van der Waals surface area (Å²) in [5.74, 6) is 0.818. The lowest BCUT2D eigenvalue weighted by atomic mass is 9.93. The van der Waals surface area contributed by atoms with Crippen molar-refractivity contribution in [3.63, 3.8) is 0 Å². The van der Waals surface area contributed by atoms with E-state index in [9.17, 15) is 14.0 Å². The number of anilines is 2. The molecule has 10 heteroatoms. The second-order valence-corrected chi connectivity index (χ2v) is 9.88. The van der Waals surface area contributed by atoms with E-state index in [1.165, 1.54) is 0 Å². The number of halogens is 2. The van der Waals surface area contributed by atoms with Crippen LogP contribution in [0.15, 0.2) is 42.6 Å². The van der Waals surface area contributed by atoms with Gasteiger partial charge in [-0.2, -0.15) is 0 Å². The van der Waals surface area contributed by atoms with Crippen LogP contribution in [0.2, 0.25) is 5.02 Å². The highest BCUT2D eigenvalue weighted by Crippen LogP contribution is 2.34. The summed E-state index contributed by atoms with van der Waals surface area (Å²) in [5.41, 5.74) is 7.38. The summed E-state index contributed by atoms with van der Waals surface area (Å²) in [6.45, 7) is 1.90. The molecule has 2 aromatic rings. The van der Waals surface area contributed by atoms with Gasteiger partial charge in [-0.05, 0) is 42.7 Å². The highest BCUT2D eigenvalue weighted by molar-refractivity contribution is 6.30. The fourth-order valence-corrected chi connectivity index (χ4v) is 5.17. The molecule has 1 aromatic heterocycles. The van der Waals surface area contributed by atoms with Crippen LogP contribution in [-0.4, -0.2) is 79.3 Å². The molecule has 0 unspecified atom stereocenters. The Bertz CT molecular complexity index is 1030. The number of piperidine rings is 1. The van der Waals surface area contributed by atoms with Gasteiger partial charge in [0.25, 0.3) is 0 Å². The summed E-state index contributed by atoms with van der Waals surface area (Å²) in [5, 5.41) is 0.627. The van der Waals surface area contributed by atoms with Crippen LogP contribution in [-0.2, 0) is 9.53 Å². The summed E-state index contributed by atoms with van der Waals surface area (Å²) in [6, 6.07) is 11.0. The van der Waals surface area contributed by atoms with Crippen LogP contribution in [0.1, 0.15) is 30.7 Å². The number of nitrogens with two attached hydrogens (primary N) is 1. The van der Waals surface area contributed by atoms with Gasteiger partial charge in [0, 0.05) is 56.5 Å². The van der Waals surface area contributed by atoms with Crippen molar-refractivity contribution < 1.29 is 18.7 Å². The Morgan fingerprint density at radius 1 is 1.17 bits per heavy atom. The zero-order chi connectivity index (χ0) is 25.7. The van der Waals surface area contributed by atoms with Crippen molar-refractivity contribution >= 4 is 35.1 Å². The lowest BCUT2D eigenvalue weighted by molar-refractivity contribution is -0.135. The Labute approximate surface area is 216 Å². The van der Waals surface area contributed by atoms with E-state index in [0.717, 1.165) is 37.3 Å². The van der Waals surface area contributed by atoms with Crippen molar-refractivity contribution in [2.45, 2.75) is 31.2 Å². The van der Waals surface area contributed by atoms with Gasteiger partial charge in [-0.1, -0.05) is 23.7 Å². The van der Waals surface area contributed by atoms with E-state index in [1.807, 2.05) is 41.3 Å². The van der Waals surface area contributed by atoms with Gasteiger partial charge in [0.15, 0.2) is 0 Å². The minimum absolute atomic E-state index is 0.0298. The molecule has 8 nitrogen and oxygen atoms in total. The monoisotopic (exact) mass is 517 g/mol. The smallest absolute Gasteiger partial charge is 0.409 e. The minimum Gasteiger partial charge on any atom is -0.449 e. The zero-order valence-electron chi connectivity index (χ0n) is 20.5. The maximum absolute atomic E-state index is 13.5. The Kier molecular flexibility index (Phi) is 8.51. The maximum Gasteiger partial charge on any atom is 0.409 e. The van der Waals surface area contributed by atoms with E-state index in [4.69, 9.17) is 22.1 Å². The molecule has 4 rings (SSSR count). The van der Waals surface area contributed by atoms with Crippen LogP contribution < -0.4 is 10.6 Å². The SMILES string of the molecule is CN(C(=O)OCCCF)[C@@H]1CN(C(=O)C2CCN(c3ccc(N)cn3)CC2)C[C@H]1c1ccc(Cl)cc1. The fraction of sp³-hybridized carbons (Fsp3) is 0.500. The molecule has 0 bridgehead atoms. The van der Waals surface area contributed by atoms with Gasteiger partial charge in [0.2, 0.25) is 5.91 Å². The van der Waals surface area contributed by atoms with Gasteiger partial charge in [0.1, 0.15) is 5.82 Å². The predicted molar refractivity (Wildman–Crippen MR) is 138 cm³/mol. The molecule has 2 fully saturated rings. The van der Waals surface area contributed by atoms with Crippen molar-refractivity contribution in [3.8, 4) is 0 Å². The second-order valence-electron chi connectivity index (χ2n) is 9.45. The van der Waals surface area contributed by atoms with Crippen molar-refractivity contribution in [1.29, 1.82) is 0 Å². The summed E-state index contributed by atoms with van der Waals surface area (Å²) < 4.78 is 17.7. The molecule has 2 saturated heterocycles. The molecule has 2 aliphatic heterocycles. The Hall–Kier alpha value is -3.07. The number of pyridine rings is 1. The normalized spacial score (nSPS) is 20.4. The quantitative estimate of drug-likeness (QED) is 0.559. The predicted octanol–water partition coefficient (Wildman–Crippen LogP) is 3.96. The topological polar surface area (TPSA) is 92.0 Å². The van der Waals surface area contributed by atoms with E-state index >= 15 is 0 Å². The number of carbonyl (C=O) groups excluding carboxylic acids is 2. The van der Waals surface area contributed by atoms with Crippen LogP contribution in [0.25, 0.3) is 0 Å². The average molecular weight is 518 g/mol. The van der Waals surface area contributed by atoms with Gasteiger partial charge < -0.3 is 25.2 Å². The van der Waals surface area contributed by atoms with Gasteiger partial charge in [-0.3, -0.25) is 9.18 Å². The molecular formula is C26H33ClFN5O3. The van der Waals surface area contributed by atoms with E-state index in [2.05, 4.69) is 9.88 Å². The van der Waals surface area contributed by atoms with Gasteiger partial charge >= 0.3 is 6.09 Å². The lowest BCUT2D eigenvalue weighted by Crippen LogP contribution is -2.44. The molecule has 2 aliphatic rings. The average Bonchev–Trinajstić information content (AvgIpc) is 3.34. The van der Waals surface area contributed by atoms with Crippen molar-refractivity contribution in [2.24, 2.45) is 5.92 Å². The van der Waals surface area contributed by atoms with Gasteiger partial charge in [-0.25, -0.2) is 9.78 Å².